The number of nitrogens with one attached hydrogen (secondary N) is 2. The number of para-hydroxylation sites is 2. The Balaban J connectivity index is 0.000000133. The Kier molecular flexibility index (Phi) is 9.44. The Bertz CT molecular complexity index is 2670. The van der Waals surface area contributed by atoms with Crippen molar-refractivity contribution in [2.24, 2.45) is 0 Å². The normalized spacial score (nSPS) is 19.5. The maximum absolute atomic E-state index is 13.7. The number of anilines is 6. The molecule has 15 nitrogen and oxygen atoms in total. The number of nitrogens with zero attached hydrogens (tertiary/aromatic N) is 7. The molecule has 6 aliphatic rings. The maximum Gasteiger partial charge on any atom is 0.586 e. The molecule has 2 atom stereocenters. The summed E-state index contributed by atoms with van der Waals surface area (Å²) in [6.45, 7) is 3.51. The first-order chi connectivity index (χ1) is 30.0. The first-order valence-electron chi connectivity index (χ1n) is 19.7. The van der Waals surface area contributed by atoms with Crippen molar-refractivity contribution < 1.29 is 41.3 Å². The fourth-order valence-electron chi connectivity index (χ4n) is 8.21. The van der Waals surface area contributed by atoms with E-state index in [0.717, 1.165) is 49.7 Å². The number of fused-ring (bicyclic) bond motifs is 10. The average Bonchev–Trinajstić information content (AvgIpc) is 4.03. The number of nitrogen functional groups attached to an aromatic ring is 1. The quantitative estimate of drug-likeness (QED) is 0.148. The highest BCUT2D eigenvalue weighted by Crippen LogP contribution is 2.49. The van der Waals surface area contributed by atoms with Gasteiger partial charge in [-0.25, -0.2) is 14.8 Å². The third kappa shape index (κ3) is 7.45. The summed E-state index contributed by atoms with van der Waals surface area (Å²) in [7, 11) is 0. The summed E-state index contributed by atoms with van der Waals surface area (Å²) in [4.78, 5) is 36.5. The van der Waals surface area contributed by atoms with E-state index in [-0.39, 0.29) is 35.1 Å². The smallest absolute Gasteiger partial charge is 0.397 e. The van der Waals surface area contributed by atoms with Gasteiger partial charge < -0.3 is 45.1 Å². The van der Waals surface area contributed by atoms with Crippen LogP contribution >= 0.6 is 0 Å². The molecule has 0 unspecified atom stereocenters. The van der Waals surface area contributed by atoms with Gasteiger partial charge in [-0.2, -0.15) is 0 Å². The molecule has 4 N–H and O–H groups in total. The molecular formula is C43H36F4N10O5. The van der Waals surface area contributed by atoms with E-state index in [1.54, 1.807) is 84.3 Å². The van der Waals surface area contributed by atoms with Gasteiger partial charge in [0.1, 0.15) is 0 Å². The number of hydrogen-bond donors (Lipinski definition) is 3. The molecule has 2 fully saturated rings. The van der Waals surface area contributed by atoms with Crippen molar-refractivity contribution in [3.63, 3.8) is 0 Å². The lowest BCUT2D eigenvalue weighted by Gasteiger charge is -2.36. The van der Waals surface area contributed by atoms with Crippen LogP contribution in [-0.4, -0.2) is 76.8 Å². The zero-order valence-electron chi connectivity index (χ0n) is 32.6. The molecule has 6 aromatic rings. The molecule has 19 heteroatoms. The first kappa shape index (κ1) is 38.6. The number of carbonyl (C=O) groups excluding carboxylic acids is 1. The van der Waals surface area contributed by atoms with Gasteiger partial charge in [0, 0.05) is 61.9 Å². The number of rotatable bonds is 3. The van der Waals surface area contributed by atoms with Gasteiger partial charge in [0.2, 0.25) is 0 Å². The van der Waals surface area contributed by atoms with E-state index in [9.17, 15) is 22.4 Å². The molecule has 0 radical (unpaired) electrons. The number of aromatic nitrogens is 4. The molecule has 10 heterocycles. The van der Waals surface area contributed by atoms with Crippen molar-refractivity contribution >= 4 is 40.4 Å². The summed E-state index contributed by atoms with van der Waals surface area (Å²) in [5, 5.41) is 6.28. The lowest BCUT2D eigenvalue weighted by molar-refractivity contribution is -0.287. The van der Waals surface area contributed by atoms with Crippen molar-refractivity contribution in [3.8, 4) is 45.5 Å². The molecule has 62 heavy (non-hydrogen) atoms. The Hall–Kier alpha value is -7.57. The van der Waals surface area contributed by atoms with Crippen LogP contribution in [-0.2, 0) is 0 Å². The van der Waals surface area contributed by atoms with Crippen LogP contribution in [0.1, 0.15) is 12.8 Å². The Morgan fingerprint density at radius 2 is 1.34 bits per heavy atom. The van der Waals surface area contributed by atoms with E-state index in [1.807, 2.05) is 18.2 Å². The molecule has 316 valence electrons. The van der Waals surface area contributed by atoms with Crippen LogP contribution in [0.2, 0.25) is 0 Å². The van der Waals surface area contributed by atoms with Gasteiger partial charge >= 0.3 is 18.6 Å². The van der Waals surface area contributed by atoms with E-state index in [4.69, 9.17) is 15.5 Å². The highest BCUT2D eigenvalue weighted by molar-refractivity contribution is 6.04. The number of urea groups is 1. The predicted octanol–water partition coefficient (Wildman–Crippen LogP) is 7.83. The molecule has 0 saturated carbocycles. The van der Waals surface area contributed by atoms with Gasteiger partial charge in [-0.1, -0.05) is 12.1 Å². The lowest BCUT2D eigenvalue weighted by Crippen LogP contribution is -2.48. The van der Waals surface area contributed by atoms with E-state index in [1.165, 1.54) is 12.1 Å². The van der Waals surface area contributed by atoms with Gasteiger partial charge in [-0.15, -0.1) is 17.6 Å². The summed E-state index contributed by atoms with van der Waals surface area (Å²) >= 11 is 0. The third-order valence-electron chi connectivity index (χ3n) is 10.9. The topological polar surface area (TPSA) is 165 Å². The first-order valence-corrected chi connectivity index (χ1v) is 19.7. The summed E-state index contributed by atoms with van der Waals surface area (Å²) in [6.07, 6.45) is 1.02. The molecule has 2 saturated heterocycles. The monoisotopic (exact) mass is 848 g/mol. The minimum Gasteiger partial charge on any atom is -0.397 e. The standard InChI is InChI=1S/C22H17F2N5O3.C16H13F2N3O2.C5H6N2/c23-22(24)31-18-5-1-4-15(19(18)32-22)16-6-7-17-20(27-16)29(14-8-10-28(17)12-14)21(30)26-13-3-2-9-25-11-13;17-16(18)22-13-3-1-2-10(14(13)23-16)11-4-5-12-15(20-11)19-9-6-7-21(12)8-9;6-5-2-1-3-7-4-5/h1-7,9,11,14H,8,10,12H2,(H,26,30);1-5,9H,6-8H2,(H,19,20);1-4H,6H2/t14-;9-;/m00./s1. The highest BCUT2D eigenvalue weighted by Gasteiger charge is 2.46. The molecule has 4 bridgehead atoms. The van der Waals surface area contributed by atoms with Gasteiger partial charge in [-0.05, 0) is 85.6 Å². The second kappa shape index (κ2) is 15.2. The Morgan fingerprint density at radius 3 is 1.97 bits per heavy atom. The minimum absolute atomic E-state index is 0.0313. The molecule has 6 aliphatic heterocycles. The largest absolute Gasteiger partial charge is 0.586 e. The third-order valence-corrected chi connectivity index (χ3v) is 10.9. The lowest BCUT2D eigenvalue weighted by atomic mass is 10.1. The molecule has 0 spiro atoms. The van der Waals surface area contributed by atoms with Crippen LogP contribution in [0.25, 0.3) is 22.5 Å². The summed E-state index contributed by atoms with van der Waals surface area (Å²) in [5.41, 5.74) is 10.3. The Labute approximate surface area is 351 Å². The van der Waals surface area contributed by atoms with Gasteiger partial charge in [0.15, 0.2) is 34.6 Å². The number of amides is 2. The number of benzene rings is 2. The Morgan fingerprint density at radius 1 is 0.710 bits per heavy atom. The maximum atomic E-state index is 13.7. The van der Waals surface area contributed by atoms with E-state index < -0.39 is 12.6 Å². The van der Waals surface area contributed by atoms with Crippen LogP contribution in [0.4, 0.5) is 56.7 Å². The second-order valence-corrected chi connectivity index (χ2v) is 15.0. The predicted molar refractivity (Wildman–Crippen MR) is 221 cm³/mol. The summed E-state index contributed by atoms with van der Waals surface area (Å²) < 4.78 is 72.4. The van der Waals surface area contributed by atoms with Crippen molar-refractivity contribution in [3.05, 3.63) is 110 Å². The van der Waals surface area contributed by atoms with Gasteiger partial charge in [0.25, 0.3) is 0 Å². The van der Waals surface area contributed by atoms with Gasteiger partial charge in [-0.3, -0.25) is 14.9 Å². The highest BCUT2D eigenvalue weighted by atomic mass is 19.3. The van der Waals surface area contributed by atoms with Crippen LogP contribution in [0, 0.1) is 0 Å². The minimum atomic E-state index is -3.73. The number of hydrogen-bond acceptors (Lipinski definition) is 13. The number of alkyl halides is 4. The van der Waals surface area contributed by atoms with Crippen molar-refractivity contribution in [1.82, 2.24) is 19.9 Å². The number of pyridine rings is 4. The van der Waals surface area contributed by atoms with Crippen LogP contribution in [0.5, 0.6) is 23.0 Å². The van der Waals surface area contributed by atoms with Crippen molar-refractivity contribution in [2.75, 3.05) is 57.2 Å². The molecule has 12 rings (SSSR count). The van der Waals surface area contributed by atoms with E-state index in [0.29, 0.717) is 52.3 Å². The summed E-state index contributed by atoms with van der Waals surface area (Å²) in [5.74, 6) is 1.20. The molecular weight excluding hydrogens is 813 g/mol. The van der Waals surface area contributed by atoms with Crippen molar-refractivity contribution in [1.29, 1.82) is 0 Å². The van der Waals surface area contributed by atoms with E-state index >= 15 is 0 Å². The van der Waals surface area contributed by atoms with Crippen LogP contribution in [0.3, 0.4) is 0 Å². The second-order valence-electron chi connectivity index (χ2n) is 15.0. The molecule has 2 amide bonds. The zero-order valence-corrected chi connectivity index (χ0v) is 32.6. The average molecular weight is 849 g/mol. The molecule has 0 aliphatic carbocycles. The van der Waals surface area contributed by atoms with E-state index in [2.05, 4.69) is 49.6 Å². The molecule has 4 aromatic heterocycles. The summed E-state index contributed by atoms with van der Waals surface area (Å²) in [6, 6.07) is 24.0. The fraction of sp³-hybridized carbons (Fsp3) is 0.233. The SMILES string of the molecule is FC1(F)Oc2cccc(-c3ccc4c(n3)N[C@H]3CCN4C3)c2O1.Nc1cccnc1.O=C(Nc1cccnc1)N1c2nc(-c3cccc4c3OC(F)(F)O4)ccc2N2CC[C@H]1C2. The van der Waals surface area contributed by atoms with Gasteiger partial charge in [0.05, 0.1) is 46.4 Å². The number of halogens is 4. The van der Waals surface area contributed by atoms with Crippen LogP contribution < -0.4 is 50.0 Å². The van der Waals surface area contributed by atoms with Crippen LogP contribution in [0.15, 0.2) is 110 Å². The van der Waals surface area contributed by atoms with Crippen molar-refractivity contribution in [2.45, 2.75) is 37.5 Å². The number of carbonyl (C=O) groups is 1. The number of ether oxygens (including phenoxy) is 4. The molecule has 2 aromatic carbocycles. The zero-order chi connectivity index (χ0) is 42.6. The number of nitrogens with two attached hydrogens (primary N) is 1. The fourth-order valence-corrected chi connectivity index (χ4v) is 8.21.